The van der Waals surface area contributed by atoms with Gasteiger partial charge in [-0.05, 0) is 50.5 Å². The van der Waals surface area contributed by atoms with E-state index in [9.17, 15) is 4.79 Å². The number of carbonyl (C=O) groups excluding carboxylic acids is 1. The molecule has 4 heteroatoms. The Morgan fingerprint density at radius 2 is 2.00 bits per heavy atom. The number of aryl methyl sites for hydroxylation is 2. The second-order valence-corrected chi connectivity index (χ2v) is 4.37. The summed E-state index contributed by atoms with van der Waals surface area (Å²) in [5.41, 5.74) is 9.03. The van der Waals surface area contributed by atoms with E-state index in [4.69, 9.17) is 15.2 Å². The van der Waals surface area contributed by atoms with Gasteiger partial charge in [0.05, 0.1) is 6.61 Å². The predicted octanol–water partition coefficient (Wildman–Crippen LogP) is 1.88. The zero-order valence-electron chi connectivity index (χ0n) is 11.4. The molecule has 1 atom stereocenters. The van der Waals surface area contributed by atoms with Gasteiger partial charge in [-0.1, -0.05) is 6.07 Å². The van der Waals surface area contributed by atoms with Gasteiger partial charge >= 0.3 is 5.97 Å². The van der Waals surface area contributed by atoms with Gasteiger partial charge < -0.3 is 15.2 Å². The maximum absolute atomic E-state index is 11.4. The van der Waals surface area contributed by atoms with Crippen molar-refractivity contribution in [3.63, 3.8) is 0 Å². The van der Waals surface area contributed by atoms with Crippen LogP contribution in [0.4, 0.5) is 0 Å². The lowest BCUT2D eigenvalue weighted by Gasteiger charge is -2.15. The van der Waals surface area contributed by atoms with Crippen molar-refractivity contribution in [1.29, 1.82) is 0 Å². The van der Waals surface area contributed by atoms with E-state index in [-0.39, 0.29) is 6.61 Å². The highest BCUT2D eigenvalue weighted by Crippen LogP contribution is 2.23. The van der Waals surface area contributed by atoms with Gasteiger partial charge in [0, 0.05) is 0 Å². The first-order valence-electron chi connectivity index (χ1n) is 6.08. The fourth-order valence-corrected chi connectivity index (χ4v) is 1.65. The number of hydrogen-bond donors (Lipinski definition) is 1. The largest absolute Gasteiger partial charge is 0.491 e. The summed E-state index contributed by atoms with van der Waals surface area (Å²) in [5, 5.41) is 0. The summed E-state index contributed by atoms with van der Waals surface area (Å²) in [5.74, 6) is 0.340. The summed E-state index contributed by atoms with van der Waals surface area (Å²) in [6, 6.07) is 3.29. The normalized spacial score (nSPS) is 12.1. The van der Waals surface area contributed by atoms with E-state index in [2.05, 4.69) is 6.07 Å². The maximum atomic E-state index is 11.4. The topological polar surface area (TPSA) is 61.5 Å². The molecule has 0 aliphatic rings. The van der Waals surface area contributed by atoms with Crippen molar-refractivity contribution in [3.8, 4) is 5.75 Å². The van der Waals surface area contributed by atoms with Crippen LogP contribution in [0.2, 0.25) is 0 Å². The molecule has 0 aliphatic heterocycles. The standard InChI is InChI=1S/C14H21NO3/c1-5-17-14(16)12(15)8-18-13-7-9(2)6-10(3)11(13)4/h6-7,12H,5,8,15H2,1-4H3. The number of esters is 1. The molecule has 1 aromatic carbocycles. The van der Waals surface area contributed by atoms with Crippen molar-refractivity contribution in [3.05, 3.63) is 28.8 Å². The molecule has 0 radical (unpaired) electrons. The predicted molar refractivity (Wildman–Crippen MR) is 70.8 cm³/mol. The highest BCUT2D eigenvalue weighted by atomic mass is 16.5. The van der Waals surface area contributed by atoms with Crippen molar-refractivity contribution in [2.75, 3.05) is 13.2 Å². The molecule has 0 heterocycles. The molecule has 0 saturated carbocycles. The van der Waals surface area contributed by atoms with Gasteiger partial charge in [0.1, 0.15) is 18.4 Å². The van der Waals surface area contributed by atoms with Crippen LogP contribution in [-0.4, -0.2) is 25.2 Å². The molecule has 0 aliphatic carbocycles. The summed E-state index contributed by atoms with van der Waals surface area (Å²) < 4.78 is 10.4. The van der Waals surface area contributed by atoms with Crippen LogP contribution in [0.15, 0.2) is 12.1 Å². The van der Waals surface area contributed by atoms with Crippen molar-refractivity contribution >= 4 is 5.97 Å². The van der Waals surface area contributed by atoms with Crippen LogP contribution in [0, 0.1) is 20.8 Å². The molecule has 1 aromatic rings. The SMILES string of the molecule is CCOC(=O)C(N)COc1cc(C)cc(C)c1C. The van der Waals surface area contributed by atoms with Crippen molar-refractivity contribution in [2.45, 2.75) is 33.7 Å². The van der Waals surface area contributed by atoms with Gasteiger partial charge in [-0.3, -0.25) is 4.79 Å². The first-order chi connectivity index (χ1) is 8.45. The molecule has 4 nitrogen and oxygen atoms in total. The van der Waals surface area contributed by atoms with E-state index >= 15 is 0 Å². The summed E-state index contributed by atoms with van der Waals surface area (Å²) in [6.45, 7) is 8.22. The highest BCUT2D eigenvalue weighted by molar-refractivity contribution is 5.75. The monoisotopic (exact) mass is 251 g/mol. The minimum absolute atomic E-state index is 0.128. The number of benzene rings is 1. The second kappa shape index (κ2) is 6.40. The van der Waals surface area contributed by atoms with Crippen molar-refractivity contribution < 1.29 is 14.3 Å². The Morgan fingerprint density at radius 3 is 2.61 bits per heavy atom. The van der Waals surface area contributed by atoms with Gasteiger partial charge in [0.2, 0.25) is 0 Å². The molecule has 0 aromatic heterocycles. The summed E-state index contributed by atoms with van der Waals surface area (Å²) >= 11 is 0. The van der Waals surface area contributed by atoms with Gasteiger partial charge in [-0.15, -0.1) is 0 Å². The summed E-state index contributed by atoms with van der Waals surface area (Å²) in [4.78, 5) is 11.4. The molecular formula is C14H21NO3. The van der Waals surface area contributed by atoms with E-state index in [0.29, 0.717) is 6.61 Å². The molecule has 0 spiro atoms. The van der Waals surface area contributed by atoms with Crippen LogP contribution in [0.5, 0.6) is 5.75 Å². The zero-order valence-corrected chi connectivity index (χ0v) is 11.4. The maximum Gasteiger partial charge on any atom is 0.326 e. The molecule has 0 fully saturated rings. The number of hydrogen-bond acceptors (Lipinski definition) is 4. The van der Waals surface area contributed by atoms with Crippen LogP contribution >= 0.6 is 0 Å². The third-order valence-corrected chi connectivity index (χ3v) is 2.77. The molecule has 2 N–H and O–H groups in total. The average molecular weight is 251 g/mol. The Bertz CT molecular complexity index is 429. The molecule has 100 valence electrons. The smallest absolute Gasteiger partial charge is 0.326 e. The minimum atomic E-state index is -0.745. The van der Waals surface area contributed by atoms with Gasteiger partial charge in [0.15, 0.2) is 0 Å². The first kappa shape index (κ1) is 14.5. The van der Waals surface area contributed by atoms with Crippen molar-refractivity contribution in [1.82, 2.24) is 0 Å². The molecule has 0 amide bonds. The van der Waals surface area contributed by atoms with E-state index in [1.54, 1.807) is 6.92 Å². The fourth-order valence-electron chi connectivity index (χ4n) is 1.65. The molecular weight excluding hydrogens is 230 g/mol. The van der Waals surface area contributed by atoms with Gasteiger partial charge in [-0.2, -0.15) is 0 Å². The Morgan fingerprint density at radius 1 is 1.33 bits per heavy atom. The Kier molecular flexibility index (Phi) is 5.16. The quantitative estimate of drug-likeness (QED) is 0.812. The van der Waals surface area contributed by atoms with Crippen LogP contribution in [0.25, 0.3) is 0 Å². The number of ether oxygens (including phenoxy) is 2. The highest BCUT2D eigenvalue weighted by Gasteiger charge is 2.16. The third-order valence-electron chi connectivity index (χ3n) is 2.77. The molecule has 1 unspecified atom stereocenters. The Hall–Kier alpha value is -1.55. The number of nitrogens with two attached hydrogens (primary N) is 1. The number of carbonyl (C=O) groups is 1. The molecule has 1 rings (SSSR count). The lowest BCUT2D eigenvalue weighted by atomic mass is 10.1. The van der Waals surface area contributed by atoms with Crippen LogP contribution < -0.4 is 10.5 Å². The van der Waals surface area contributed by atoms with Crippen LogP contribution in [0.3, 0.4) is 0 Å². The lowest BCUT2D eigenvalue weighted by Crippen LogP contribution is -2.37. The average Bonchev–Trinajstić information content (AvgIpc) is 2.31. The molecule has 0 bridgehead atoms. The first-order valence-corrected chi connectivity index (χ1v) is 6.08. The van der Waals surface area contributed by atoms with Crippen molar-refractivity contribution in [2.24, 2.45) is 5.73 Å². The molecule has 18 heavy (non-hydrogen) atoms. The minimum Gasteiger partial charge on any atom is -0.491 e. The van der Waals surface area contributed by atoms with E-state index < -0.39 is 12.0 Å². The second-order valence-electron chi connectivity index (χ2n) is 4.37. The van der Waals surface area contributed by atoms with Gasteiger partial charge in [0.25, 0.3) is 0 Å². The summed E-state index contributed by atoms with van der Waals surface area (Å²) in [6.07, 6.45) is 0. The fraction of sp³-hybridized carbons (Fsp3) is 0.500. The van der Waals surface area contributed by atoms with Crippen LogP contribution in [-0.2, 0) is 9.53 Å². The zero-order chi connectivity index (χ0) is 13.7. The third kappa shape index (κ3) is 3.74. The lowest BCUT2D eigenvalue weighted by molar-refractivity contribution is -0.145. The number of rotatable bonds is 5. The summed E-state index contributed by atoms with van der Waals surface area (Å²) in [7, 11) is 0. The van der Waals surface area contributed by atoms with Gasteiger partial charge in [-0.25, -0.2) is 0 Å². The van der Waals surface area contributed by atoms with E-state index in [0.717, 1.165) is 22.4 Å². The Labute approximate surface area is 108 Å². The van der Waals surface area contributed by atoms with Crippen LogP contribution in [0.1, 0.15) is 23.6 Å². The Balaban J connectivity index is 2.66. The van der Waals surface area contributed by atoms with E-state index in [1.807, 2.05) is 26.8 Å². The molecule has 0 saturated heterocycles. The van der Waals surface area contributed by atoms with E-state index in [1.165, 1.54) is 0 Å².